The average molecular weight is 476 g/mol. The van der Waals surface area contributed by atoms with Gasteiger partial charge in [0.05, 0.1) is 12.6 Å². The lowest BCUT2D eigenvalue weighted by atomic mass is 9.99. The fraction of sp³-hybridized carbons (Fsp3) is 0.333. The van der Waals surface area contributed by atoms with E-state index in [0.29, 0.717) is 11.1 Å². The number of aromatic nitrogens is 2. The standard InChI is InChI=1S/C24H24F4N4O2/c1-14-9-17(5-6-20(14)25)21(16-3-4-16)30-22(33)18-10-15(11-19(12-18)34-24(26,27)28)13-32-8-7-31(2)23(32)29/h5-12,16,21,29H,3-4,13H2,1-2H3,(H,30,33)/t21-/m0/s1. The zero-order valence-corrected chi connectivity index (χ0v) is 18.6. The maximum absolute atomic E-state index is 13.7. The highest BCUT2D eigenvalue weighted by molar-refractivity contribution is 5.95. The molecule has 1 fully saturated rings. The van der Waals surface area contributed by atoms with E-state index in [1.807, 2.05) is 0 Å². The molecule has 1 heterocycles. The van der Waals surface area contributed by atoms with Gasteiger partial charge < -0.3 is 19.2 Å². The summed E-state index contributed by atoms with van der Waals surface area (Å²) in [5, 5.41) is 11.0. The maximum Gasteiger partial charge on any atom is 0.573 e. The number of hydrogen-bond donors (Lipinski definition) is 2. The summed E-state index contributed by atoms with van der Waals surface area (Å²) >= 11 is 0. The summed E-state index contributed by atoms with van der Waals surface area (Å²) < 4.78 is 59.7. The number of carbonyl (C=O) groups is 1. The second-order valence-corrected chi connectivity index (χ2v) is 8.57. The Morgan fingerprint density at radius 1 is 1.21 bits per heavy atom. The molecular weight excluding hydrogens is 452 g/mol. The van der Waals surface area contributed by atoms with E-state index in [2.05, 4.69) is 10.1 Å². The summed E-state index contributed by atoms with van der Waals surface area (Å²) in [4.78, 5) is 13.1. The van der Waals surface area contributed by atoms with Crippen LogP contribution in [0.2, 0.25) is 0 Å². The van der Waals surface area contributed by atoms with Gasteiger partial charge in [0.2, 0.25) is 5.62 Å². The molecule has 1 aliphatic carbocycles. The van der Waals surface area contributed by atoms with Gasteiger partial charge in [-0.15, -0.1) is 13.2 Å². The highest BCUT2D eigenvalue weighted by Gasteiger charge is 2.35. The van der Waals surface area contributed by atoms with Gasteiger partial charge in [0.1, 0.15) is 11.6 Å². The van der Waals surface area contributed by atoms with Crippen LogP contribution in [-0.4, -0.2) is 21.4 Å². The lowest BCUT2D eigenvalue weighted by molar-refractivity contribution is -0.274. The molecule has 4 rings (SSSR count). The van der Waals surface area contributed by atoms with Gasteiger partial charge in [-0.2, -0.15) is 0 Å². The fourth-order valence-corrected chi connectivity index (χ4v) is 3.91. The molecule has 0 aliphatic heterocycles. The lowest BCUT2D eigenvalue weighted by Crippen LogP contribution is -2.30. The molecule has 34 heavy (non-hydrogen) atoms. The topological polar surface area (TPSA) is 72.0 Å². The molecule has 0 radical (unpaired) electrons. The monoisotopic (exact) mass is 476 g/mol. The number of halogens is 4. The van der Waals surface area contributed by atoms with Crippen LogP contribution in [0.5, 0.6) is 5.75 Å². The Labute approximate surface area is 193 Å². The minimum atomic E-state index is -4.92. The SMILES string of the molecule is Cc1cc([C@@H](NC(=O)c2cc(Cn3ccn(C)c3=N)cc(OC(F)(F)F)c2)C2CC2)ccc1F. The molecule has 6 nitrogen and oxygen atoms in total. The molecule has 1 atom stereocenters. The van der Waals surface area contributed by atoms with E-state index in [1.165, 1.54) is 22.8 Å². The van der Waals surface area contributed by atoms with Crippen molar-refractivity contribution >= 4 is 5.91 Å². The zero-order chi connectivity index (χ0) is 24.6. The first-order chi connectivity index (χ1) is 16.0. The minimum absolute atomic E-state index is 0.00398. The average Bonchev–Trinajstić information content (AvgIpc) is 3.55. The van der Waals surface area contributed by atoms with Gasteiger partial charge in [-0.25, -0.2) is 4.39 Å². The number of nitrogens with one attached hydrogen (secondary N) is 2. The van der Waals surface area contributed by atoms with Gasteiger partial charge in [-0.1, -0.05) is 12.1 Å². The van der Waals surface area contributed by atoms with Crippen LogP contribution in [0.15, 0.2) is 48.8 Å². The zero-order valence-electron chi connectivity index (χ0n) is 18.6. The van der Waals surface area contributed by atoms with Crippen LogP contribution >= 0.6 is 0 Å². The molecule has 180 valence electrons. The Hall–Kier alpha value is -3.56. The van der Waals surface area contributed by atoms with Crippen molar-refractivity contribution in [2.75, 3.05) is 0 Å². The Bertz CT molecular complexity index is 1270. The number of imidazole rings is 1. The van der Waals surface area contributed by atoms with E-state index >= 15 is 0 Å². The number of carbonyl (C=O) groups excluding carboxylic acids is 1. The second kappa shape index (κ2) is 9.00. The number of rotatable bonds is 7. The molecule has 0 spiro atoms. The molecule has 2 aromatic carbocycles. The van der Waals surface area contributed by atoms with Crippen LogP contribution < -0.4 is 15.7 Å². The molecule has 0 saturated heterocycles. The second-order valence-electron chi connectivity index (χ2n) is 8.57. The number of alkyl halides is 3. The Morgan fingerprint density at radius 2 is 1.94 bits per heavy atom. The predicted octanol–water partition coefficient (Wildman–Crippen LogP) is 4.58. The van der Waals surface area contributed by atoms with E-state index in [9.17, 15) is 22.4 Å². The fourth-order valence-electron chi connectivity index (χ4n) is 3.91. The molecule has 10 heteroatoms. The van der Waals surface area contributed by atoms with E-state index in [1.54, 1.807) is 43.1 Å². The quantitative estimate of drug-likeness (QED) is 0.490. The molecule has 0 bridgehead atoms. The normalized spacial score (nSPS) is 14.6. The summed E-state index contributed by atoms with van der Waals surface area (Å²) in [5.41, 5.74) is 1.72. The van der Waals surface area contributed by atoms with Gasteiger partial charge in [0.25, 0.3) is 5.91 Å². The van der Waals surface area contributed by atoms with Crippen molar-refractivity contribution in [2.45, 2.75) is 38.7 Å². The Balaban J connectivity index is 1.64. The number of benzene rings is 2. The molecule has 1 saturated carbocycles. The van der Waals surface area contributed by atoms with Crippen molar-refractivity contribution in [2.24, 2.45) is 13.0 Å². The molecule has 1 aromatic heterocycles. The van der Waals surface area contributed by atoms with Crippen molar-refractivity contribution in [3.05, 3.63) is 82.5 Å². The Kier molecular flexibility index (Phi) is 6.24. The van der Waals surface area contributed by atoms with Crippen molar-refractivity contribution in [1.82, 2.24) is 14.5 Å². The molecule has 3 aromatic rings. The summed E-state index contributed by atoms with van der Waals surface area (Å²) in [6, 6.07) is 7.98. The predicted molar refractivity (Wildman–Crippen MR) is 116 cm³/mol. The van der Waals surface area contributed by atoms with Crippen LogP contribution in [0.25, 0.3) is 0 Å². The Morgan fingerprint density at radius 3 is 2.53 bits per heavy atom. The highest BCUT2D eigenvalue weighted by atomic mass is 19.4. The van der Waals surface area contributed by atoms with Crippen LogP contribution in [0.1, 0.15) is 45.9 Å². The van der Waals surface area contributed by atoms with Crippen LogP contribution in [0, 0.1) is 24.1 Å². The molecule has 2 N–H and O–H groups in total. The van der Waals surface area contributed by atoms with Gasteiger partial charge >= 0.3 is 6.36 Å². The lowest BCUT2D eigenvalue weighted by Gasteiger charge is -2.20. The van der Waals surface area contributed by atoms with Gasteiger partial charge in [0, 0.05) is 25.0 Å². The first-order valence-electron chi connectivity index (χ1n) is 10.7. The largest absolute Gasteiger partial charge is 0.573 e. The third-order valence-electron chi connectivity index (χ3n) is 5.81. The van der Waals surface area contributed by atoms with Crippen LogP contribution in [0.3, 0.4) is 0 Å². The van der Waals surface area contributed by atoms with Gasteiger partial charge in [0.15, 0.2) is 0 Å². The molecule has 1 aliphatic rings. The molecule has 0 unspecified atom stereocenters. The highest BCUT2D eigenvalue weighted by Crippen LogP contribution is 2.41. The summed E-state index contributed by atoms with van der Waals surface area (Å²) in [6.45, 7) is 1.72. The van der Waals surface area contributed by atoms with E-state index in [-0.39, 0.29) is 35.5 Å². The minimum Gasteiger partial charge on any atom is -0.406 e. The number of hydrogen-bond acceptors (Lipinski definition) is 3. The van der Waals surface area contributed by atoms with E-state index < -0.39 is 18.0 Å². The summed E-state index contributed by atoms with van der Waals surface area (Å²) in [5.74, 6) is -1.25. The van der Waals surface area contributed by atoms with Gasteiger partial charge in [-0.3, -0.25) is 10.2 Å². The smallest absolute Gasteiger partial charge is 0.406 e. The van der Waals surface area contributed by atoms with Crippen LogP contribution in [0.4, 0.5) is 17.6 Å². The van der Waals surface area contributed by atoms with Crippen molar-refractivity contribution in [3.63, 3.8) is 0 Å². The van der Waals surface area contributed by atoms with Crippen LogP contribution in [-0.2, 0) is 13.6 Å². The summed E-state index contributed by atoms with van der Waals surface area (Å²) in [7, 11) is 1.68. The first kappa shape index (κ1) is 23.6. The summed E-state index contributed by atoms with van der Waals surface area (Å²) in [6.07, 6.45) is 0.132. The van der Waals surface area contributed by atoms with E-state index in [4.69, 9.17) is 5.41 Å². The molecular formula is C24H24F4N4O2. The van der Waals surface area contributed by atoms with Crippen molar-refractivity contribution in [3.8, 4) is 5.75 Å². The van der Waals surface area contributed by atoms with E-state index in [0.717, 1.165) is 24.5 Å². The maximum atomic E-state index is 13.7. The number of nitrogens with zero attached hydrogens (tertiary/aromatic N) is 2. The molecule has 1 amide bonds. The first-order valence-corrected chi connectivity index (χ1v) is 10.7. The third kappa shape index (κ3) is 5.49. The van der Waals surface area contributed by atoms with Crippen molar-refractivity contribution in [1.29, 1.82) is 5.41 Å². The number of ether oxygens (including phenoxy) is 1. The third-order valence-corrected chi connectivity index (χ3v) is 5.81. The van der Waals surface area contributed by atoms with Gasteiger partial charge in [-0.05, 0) is 66.6 Å². The number of amides is 1. The van der Waals surface area contributed by atoms with Crippen molar-refractivity contribution < 1.29 is 27.1 Å². The number of aryl methyl sites for hydroxylation is 2.